The van der Waals surface area contributed by atoms with Crippen LogP contribution >= 0.6 is 11.3 Å². The van der Waals surface area contributed by atoms with E-state index in [1.54, 1.807) is 11.3 Å². The number of fused-ring (bicyclic) bond motifs is 1. The molecule has 104 valence electrons. The smallest absolute Gasteiger partial charge is 0.194 e. The van der Waals surface area contributed by atoms with Gasteiger partial charge in [-0.05, 0) is 43.3 Å². The maximum atomic E-state index is 5.67. The van der Waals surface area contributed by atoms with E-state index in [1.807, 2.05) is 25.3 Å². The van der Waals surface area contributed by atoms with Crippen LogP contribution < -0.4 is 10.5 Å². The van der Waals surface area contributed by atoms with Crippen LogP contribution in [0.25, 0.3) is 16.2 Å². The van der Waals surface area contributed by atoms with Gasteiger partial charge in [0.05, 0.1) is 18.5 Å². The van der Waals surface area contributed by atoms with Gasteiger partial charge in [-0.25, -0.2) is 4.98 Å². The molecule has 2 N–H and O–H groups in total. The molecule has 2 heterocycles. The molecule has 0 radical (unpaired) electrons. The van der Waals surface area contributed by atoms with Gasteiger partial charge in [0, 0.05) is 17.5 Å². The lowest BCUT2D eigenvalue weighted by Crippen LogP contribution is -2.05. The van der Waals surface area contributed by atoms with Gasteiger partial charge in [0.15, 0.2) is 4.96 Å². The molecule has 0 fully saturated rings. The van der Waals surface area contributed by atoms with E-state index in [0.29, 0.717) is 13.2 Å². The quantitative estimate of drug-likeness (QED) is 0.785. The zero-order valence-corrected chi connectivity index (χ0v) is 12.2. The van der Waals surface area contributed by atoms with E-state index in [-0.39, 0.29) is 0 Å². The fourth-order valence-electron chi connectivity index (χ4n) is 2.28. The molecule has 0 aliphatic rings. The molecule has 0 saturated heterocycles. The summed E-state index contributed by atoms with van der Waals surface area (Å²) >= 11 is 1.65. The van der Waals surface area contributed by atoms with Crippen molar-refractivity contribution in [2.24, 2.45) is 5.73 Å². The molecule has 0 amide bonds. The van der Waals surface area contributed by atoms with E-state index in [1.165, 1.54) is 0 Å². The topological polar surface area (TPSA) is 52.5 Å². The SMILES string of the molecule is CCOc1ccc(-c2csc3ncc(CCN)n23)cc1. The zero-order valence-electron chi connectivity index (χ0n) is 11.4. The molecular formula is C15H17N3OS. The summed E-state index contributed by atoms with van der Waals surface area (Å²) in [7, 11) is 0. The van der Waals surface area contributed by atoms with Crippen molar-refractivity contribution in [1.82, 2.24) is 9.38 Å². The number of thiazole rings is 1. The lowest BCUT2D eigenvalue weighted by atomic mass is 10.1. The Kier molecular flexibility index (Phi) is 3.71. The second-order valence-electron chi connectivity index (χ2n) is 4.48. The van der Waals surface area contributed by atoms with Crippen molar-refractivity contribution in [3.05, 3.63) is 41.5 Å². The molecule has 0 atom stereocenters. The van der Waals surface area contributed by atoms with Crippen LogP contribution in [0.1, 0.15) is 12.6 Å². The molecule has 0 aliphatic heterocycles. The fraction of sp³-hybridized carbons (Fsp3) is 0.267. The third-order valence-corrected chi connectivity index (χ3v) is 4.02. The monoisotopic (exact) mass is 287 g/mol. The van der Waals surface area contributed by atoms with Gasteiger partial charge in [0.1, 0.15) is 5.75 Å². The Morgan fingerprint density at radius 2 is 2.10 bits per heavy atom. The standard InChI is InChI=1S/C15H17N3OS/c1-2-19-13-5-3-11(4-6-13)14-10-20-15-17-9-12(7-8-16)18(14)15/h3-6,9-10H,2,7-8,16H2,1H3. The van der Waals surface area contributed by atoms with E-state index in [0.717, 1.165) is 34.1 Å². The predicted molar refractivity (Wildman–Crippen MR) is 82.4 cm³/mol. The van der Waals surface area contributed by atoms with Gasteiger partial charge < -0.3 is 10.5 Å². The summed E-state index contributed by atoms with van der Waals surface area (Å²) in [5, 5.41) is 2.14. The second-order valence-corrected chi connectivity index (χ2v) is 5.32. The van der Waals surface area contributed by atoms with Crippen molar-refractivity contribution in [3.63, 3.8) is 0 Å². The number of nitrogens with two attached hydrogens (primary N) is 1. The molecule has 1 aromatic carbocycles. The van der Waals surface area contributed by atoms with Crippen LogP contribution in [-0.4, -0.2) is 22.5 Å². The van der Waals surface area contributed by atoms with Gasteiger partial charge in [-0.3, -0.25) is 4.40 Å². The molecule has 0 saturated carbocycles. The highest BCUT2D eigenvalue weighted by atomic mass is 32.1. The summed E-state index contributed by atoms with van der Waals surface area (Å²) in [4.78, 5) is 5.44. The number of ether oxygens (including phenoxy) is 1. The van der Waals surface area contributed by atoms with Crippen LogP contribution in [0.5, 0.6) is 5.75 Å². The molecule has 0 bridgehead atoms. The summed E-state index contributed by atoms with van der Waals surface area (Å²) in [5.41, 5.74) is 9.15. The lowest BCUT2D eigenvalue weighted by Gasteiger charge is -2.06. The summed E-state index contributed by atoms with van der Waals surface area (Å²) in [6.45, 7) is 3.30. The molecule has 3 aromatic rings. The Bertz CT molecular complexity index is 700. The number of nitrogens with zero attached hydrogens (tertiary/aromatic N) is 2. The Morgan fingerprint density at radius 3 is 2.80 bits per heavy atom. The average Bonchev–Trinajstić information content (AvgIpc) is 3.04. The molecule has 3 rings (SSSR count). The van der Waals surface area contributed by atoms with Gasteiger partial charge in [0.2, 0.25) is 0 Å². The Hall–Kier alpha value is -1.85. The van der Waals surface area contributed by atoms with Gasteiger partial charge >= 0.3 is 0 Å². The minimum atomic E-state index is 0.631. The Labute approximate surface area is 121 Å². The van der Waals surface area contributed by atoms with Crippen molar-refractivity contribution in [2.45, 2.75) is 13.3 Å². The zero-order chi connectivity index (χ0) is 13.9. The minimum Gasteiger partial charge on any atom is -0.494 e. The number of benzene rings is 1. The van der Waals surface area contributed by atoms with Gasteiger partial charge in [-0.15, -0.1) is 11.3 Å². The van der Waals surface area contributed by atoms with E-state index in [4.69, 9.17) is 10.5 Å². The highest BCUT2D eigenvalue weighted by molar-refractivity contribution is 7.15. The first-order chi connectivity index (χ1) is 9.83. The number of rotatable bonds is 5. The Balaban J connectivity index is 2.02. The van der Waals surface area contributed by atoms with Crippen molar-refractivity contribution in [1.29, 1.82) is 0 Å². The van der Waals surface area contributed by atoms with Crippen LogP contribution in [-0.2, 0) is 6.42 Å². The fourth-order valence-corrected chi connectivity index (χ4v) is 3.17. The number of imidazole rings is 1. The summed E-state index contributed by atoms with van der Waals surface area (Å²) < 4.78 is 7.67. The molecular weight excluding hydrogens is 270 g/mol. The Morgan fingerprint density at radius 1 is 1.30 bits per heavy atom. The van der Waals surface area contributed by atoms with E-state index < -0.39 is 0 Å². The lowest BCUT2D eigenvalue weighted by molar-refractivity contribution is 0.340. The molecule has 20 heavy (non-hydrogen) atoms. The van der Waals surface area contributed by atoms with Crippen LogP contribution in [0.4, 0.5) is 0 Å². The molecule has 0 spiro atoms. The molecule has 4 nitrogen and oxygen atoms in total. The van der Waals surface area contributed by atoms with Gasteiger partial charge in [-0.2, -0.15) is 0 Å². The highest BCUT2D eigenvalue weighted by Gasteiger charge is 2.11. The van der Waals surface area contributed by atoms with Crippen LogP contribution in [0.15, 0.2) is 35.8 Å². The van der Waals surface area contributed by atoms with Crippen LogP contribution in [0.3, 0.4) is 0 Å². The van der Waals surface area contributed by atoms with Gasteiger partial charge in [0.25, 0.3) is 0 Å². The third-order valence-electron chi connectivity index (χ3n) is 3.18. The van der Waals surface area contributed by atoms with E-state index in [2.05, 4.69) is 26.9 Å². The largest absolute Gasteiger partial charge is 0.494 e. The van der Waals surface area contributed by atoms with Crippen LogP contribution in [0, 0.1) is 0 Å². The number of hydrogen-bond acceptors (Lipinski definition) is 4. The van der Waals surface area contributed by atoms with Crippen molar-refractivity contribution < 1.29 is 4.74 Å². The van der Waals surface area contributed by atoms with E-state index >= 15 is 0 Å². The number of aromatic nitrogens is 2. The second kappa shape index (κ2) is 5.64. The van der Waals surface area contributed by atoms with Crippen molar-refractivity contribution in [2.75, 3.05) is 13.2 Å². The predicted octanol–water partition coefficient (Wildman–Crippen LogP) is 2.96. The molecule has 5 heteroatoms. The number of hydrogen-bond donors (Lipinski definition) is 1. The third kappa shape index (κ3) is 2.30. The highest BCUT2D eigenvalue weighted by Crippen LogP contribution is 2.28. The van der Waals surface area contributed by atoms with Crippen LogP contribution in [0.2, 0.25) is 0 Å². The van der Waals surface area contributed by atoms with E-state index in [9.17, 15) is 0 Å². The normalized spacial score (nSPS) is 11.1. The maximum Gasteiger partial charge on any atom is 0.194 e. The summed E-state index contributed by atoms with van der Waals surface area (Å²) in [6.07, 6.45) is 2.75. The first-order valence-electron chi connectivity index (χ1n) is 6.70. The molecule has 0 aliphatic carbocycles. The van der Waals surface area contributed by atoms with Crippen molar-refractivity contribution >= 4 is 16.3 Å². The first-order valence-corrected chi connectivity index (χ1v) is 7.58. The van der Waals surface area contributed by atoms with Gasteiger partial charge in [-0.1, -0.05) is 0 Å². The molecule has 0 unspecified atom stereocenters. The summed E-state index contributed by atoms with van der Waals surface area (Å²) in [6, 6.07) is 8.17. The first kappa shape index (κ1) is 13.1. The van der Waals surface area contributed by atoms with Crippen molar-refractivity contribution in [3.8, 4) is 17.0 Å². The molecule has 2 aromatic heterocycles. The average molecular weight is 287 g/mol. The summed E-state index contributed by atoms with van der Waals surface area (Å²) in [5.74, 6) is 0.899. The maximum absolute atomic E-state index is 5.67. The minimum absolute atomic E-state index is 0.631.